The summed E-state index contributed by atoms with van der Waals surface area (Å²) in [6.45, 7) is 2.69. The van der Waals surface area contributed by atoms with Crippen LogP contribution >= 0.6 is 11.3 Å². The number of hydrogen-bond acceptors (Lipinski definition) is 3. The molecule has 2 heterocycles. The van der Waals surface area contributed by atoms with Gasteiger partial charge in [-0.1, -0.05) is 0 Å². The van der Waals surface area contributed by atoms with Gasteiger partial charge in [0.05, 0.1) is 5.92 Å². The van der Waals surface area contributed by atoms with Gasteiger partial charge in [0.2, 0.25) is 0 Å². The van der Waals surface area contributed by atoms with Crippen molar-refractivity contribution in [3.05, 3.63) is 21.9 Å². The highest BCUT2D eigenvalue weighted by Gasteiger charge is 2.33. The first-order valence-electron chi connectivity index (χ1n) is 5.09. The molecular weight excluding hydrogens is 212 g/mol. The molecule has 1 aromatic heterocycles. The van der Waals surface area contributed by atoms with Gasteiger partial charge >= 0.3 is 5.97 Å². The van der Waals surface area contributed by atoms with Gasteiger partial charge in [0.1, 0.15) is 6.10 Å². The molecule has 1 N–H and O–H groups in total. The molecule has 1 aromatic rings. The predicted molar refractivity (Wildman–Crippen MR) is 58.1 cm³/mol. The molecule has 0 amide bonds. The molecule has 1 fully saturated rings. The fraction of sp³-hybridized carbons (Fsp3) is 0.545. The molecule has 82 valence electrons. The van der Waals surface area contributed by atoms with E-state index in [0.29, 0.717) is 6.61 Å². The maximum atomic E-state index is 11.1. The maximum Gasteiger partial charge on any atom is 0.309 e. The van der Waals surface area contributed by atoms with Crippen LogP contribution in [0.25, 0.3) is 0 Å². The van der Waals surface area contributed by atoms with E-state index in [-0.39, 0.29) is 12.0 Å². The summed E-state index contributed by atoms with van der Waals surface area (Å²) in [5.41, 5.74) is 0. The fourth-order valence-electron chi connectivity index (χ4n) is 1.92. The monoisotopic (exact) mass is 226 g/mol. The van der Waals surface area contributed by atoms with Crippen LogP contribution in [0.1, 0.15) is 28.7 Å². The standard InChI is InChI=1S/C11H14O3S/c1-7-4-5-9(15-7)10-8(11(12)13)3-2-6-14-10/h4-5,8,10H,2-3,6H2,1H3,(H,12,13). The van der Waals surface area contributed by atoms with E-state index in [1.54, 1.807) is 11.3 Å². The van der Waals surface area contributed by atoms with Crippen molar-refractivity contribution < 1.29 is 14.6 Å². The molecule has 1 aliphatic rings. The fourth-order valence-corrected chi connectivity index (χ4v) is 2.91. The van der Waals surface area contributed by atoms with Crippen LogP contribution in [-0.4, -0.2) is 17.7 Å². The molecule has 0 radical (unpaired) electrons. The molecule has 1 saturated heterocycles. The lowest BCUT2D eigenvalue weighted by atomic mass is 9.93. The molecule has 0 spiro atoms. The van der Waals surface area contributed by atoms with E-state index in [4.69, 9.17) is 9.84 Å². The van der Waals surface area contributed by atoms with Crippen molar-refractivity contribution in [1.82, 2.24) is 0 Å². The molecule has 0 saturated carbocycles. The molecule has 2 unspecified atom stereocenters. The minimum Gasteiger partial charge on any atom is -0.481 e. The van der Waals surface area contributed by atoms with Crippen LogP contribution in [0.15, 0.2) is 12.1 Å². The molecule has 4 heteroatoms. The lowest BCUT2D eigenvalue weighted by Crippen LogP contribution is -2.28. The van der Waals surface area contributed by atoms with Gasteiger partial charge in [0.15, 0.2) is 0 Å². The zero-order valence-corrected chi connectivity index (χ0v) is 9.42. The summed E-state index contributed by atoms with van der Waals surface area (Å²) < 4.78 is 5.58. The second kappa shape index (κ2) is 4.33. The number of aryl methyl sites for hydroxylation is 1. The second-order valence-corrected chi connectivity index (χ2v) is 5.15. The van der Waals surface area contributed by atoms with Crippen LogP contribution in [-0.2, 0) is 9.53 Å². The van der Waals surface area contributed by atoms with Gasteiger partial charge in [-0.05, 0) is 31.9 Å². The summed E-state index contributed by atoms with van der Waals surface area (Å²) in [6, 6.07) is 3.99. The number of aliphatic carboxylic acids is 1. The Bertz CT molecular complexity index is 358. The molecule has 0 aliphatic carbocycles. The van der Waals surface area contributed by atoms with Crippen LogP contribution in [0.3, 0.4) is 0 Å². The van der Waals surface area contributed by atoms with Gasteiger partial charge in [-0.3, -0.25) is 4.79 Å². The molecule has 1 aliphatic heterocycles. The third kappa shape index (κ3) is 2.21. The van der Waals surface area contributed by atoms with Crippen LogP contribution < -0.4 is 0 Å². The summed E-state index contributed by atoms with van der Waals surface area (Å²) in [5, 5.41) is 9.10. The van der Waals surface area contributed by atoms with Crippen molar-refractivity contribution in [2.24, 2.45) is 5.92 Å². The second-order valence-electron chi connectivity index (χ2n) is 3.83. The first-order valence-corrected chi connectivity index (χ1v) is 5.91. The molecular formula is C11H14O3S. The van der Waals surface area contributed by atoms with E-state index in [1.807, 2.05) is 19.1 Å². The van der Waals surface area contributed by atoms with Crippen LogP contribution in [0.4, 0.5) is 0 Å². The van der Waals surface area contributed by atoms with E-state index < -0.39 is 5.97 Å². The van der Waals surface area contributed by atoms with Gasteiger partial charge in [-0.2, -0.15) is 0 Å². The number of carboxylic acids is 1. The normalized spacial score (nSPS) is 26.5. The molecule has 2 rings (SSSR count). The van der Waals surface area contributed by atoms with Gasteiger partial charge < -0.3 is 9.84 Å². The molecule has 0 bridgehead atoms. The predicted octanol–water partition coefficient (Wildman–Crippen LogP) is 2.61. The average Bonchev–Trinajstić information content (AvgIpc) is 2.65. The van der Waals surface area contributed by atoms with Gasteiger partial charge in [-0.15, -0.1) is 11.3 Å². The highest BCUT2D eigenvalue weighted by molar-refractivity contribution is 7.12. The van der Waals surface area contributed by atoms with E-state index in [0.717, 1.165) is 17.7 Å². The Balaban J connectivity index is 2.21. The quantitative estimate of drug-likeness (QED) is 0.843. The van der Waals surface area contributed by atoms with E-state index in [2.05, 4.69) is 0 Å². The number of ether oxygens (including phenoxy) is 1. The van der Waals surface area contributed by atoms with Crippen LogP contribution in [0.2, 0.25) is 0 Å². The van der Waals surface area contributed by atoms with Crippen molar-refractivity contribution >= 4 is 17.3 Å². The van der Waals surface area contributed by atoms with Crippen LogP contribution in [0.5, 0.6) is 0 Å². The molecule has 3 nitrogen and oxygen atoms in total. The van der Waals surface area contributed by atoms with Gasteiger partial charge in [-0.25, -0.2) is 0 Å². The summed E-state index contributed by atoms with van der Waals surface area (Å²) in [7, 11) is 0. The summed E-state index contributed by atoms with van der Waals surface area (Å²) in [6.07, 6.45) is 1.32. The number of thiophene rings is 1. The maximum absolute atomic E-state index is 11.1. The number of carbonyl (C=O) groups is 1. The lowest BCUT2D eigenvalue weighted by molar-refractivity contribution is -0.151. The highest BCUT2D eigenvalue weighted by Crippen LogP contribution is 2.36. The van der Waals surface area contributed by atoms with E-state index in [1.165, 1.54) is 4.88 Å². The molecule has 2 atom stereocenters. The Labute approximate surface area is 92.7 Å². The Morgan fingerprint density at radius 2 is 2.40 bits per heavy atom. The Morgan fingerprint density at radius 3 is 3.00 bits per heavy atom. The minimum absolute atomic E-state index is 0.241. The zero-order valence-electron chi connectivity index (χ0n) is 8.60. The van der Waals surface area contributed by atoms with E-state index in [9.17, 15) is 4.79 Å². The third-order valence-corrected chi connectivity index (χ3v) is 3.74. The Morgan fingerprint density at radius 1 is 1.60 bits per heavy atom. The number of rotatable bonds is 2. The van der Waals surface area contributed by atoms with Crippen molar-refractivity contribution in [2.45, 2.75) is 25.9 Å². The molecule has 0 aromatic carbocycles. The van der Waals surface area contributed by atoms with E-state index >= 15 is 0 Å². The Hall–Kier alpha value is -0.870. The SMILES string of the molecule is Cc1ccc(C2OCCCC2C(=O)O)s1. The highest BCUT2D eigenvalue weighted by atomic mass is 32.1. The number of carboxylic acid groups (broad SMARTS) is 1. The first kappa shape index (κ1) is 10.6. The van der Waals surface area contributed by atoms with Crippen molar-refractivity contribution in [2.75, 3.05) is 6.61 Å². The van der Waals surface area contributed by atoms with Crippen molar-refractivity contribution in [3.63, 3.8) is 0 Å². The summed E-state index contributed by atoms with van der Waals surface area (Å²) in [4.78, 5) is 13.3. The van der Waals surface area contributed by atoms with Crippen molar-refractivity contribution in [3.8, 4) is 0 Å². The largest absolute Gasteiger partial charge is 0.481 e. The smallest absolute Gasteiger partial charge is 0.309 e. The van der Waals surface area contributed by atoms with Gasteiger partial charge in [0, 0.05) is 16.4 Å². The lowest BCUT2D eigenvalue weighted by Gasteiger charge is -2.28. The third-order valence-electron chi connectivity index (χ3n) is 2.68. The van der Waals surface area contributed by atoms with Crippen molar-refractivity contribution in [1.29, 1.82) is 0 Å². The van der Waals surface area contributed by atoms with Gasteiger partial charge in [0.25, 0.3) is 0 Å². The number of hydrogen-bond donors (Lipinski definition) is 1. The Kier molecular flexibility index (Phi) is 3.07. The first-order chi connectivity index (χ1) is 7.18. The minimum atomic E-state index is -0.745. The molecule has 15 heavy (non-hydrogen) atoms. The summed E-state index contributed by atoms with van der Waals surface area (Å²) in [5.74, 6) is -1.12. The average molecular weight is 226 g/mol. The zero-order chi connectivity index (χ0) is 10.8. The topological polar surface area (TPSA) is 46.5 Å². The van der Waals surface area contributed by atoms with Crippen LogP contribution in [0, 0.1) is 12.8 Å². The summed E-state index contributed by atoms with van der Waals surface area (Å²) >= 11 is 1.63.